The molecule has 0 bridgehead atoms. The SMILES string of the molecule is Cc1cccc(C)c1NC(=O)Cn1cc(C(F)(F)F)cc(Cl)c1=O. The summed E-state index contributed by atoms with van der Waals surface area (Å²) in [6.45, 7) is 3.00. The van der Waals surface area contributed by atoms with E-state index in [0.29, 0.717) is 22.5 Å². The van der Waals surface area contributed by atoms with Crippen LogP contribution < -0.4 is 10.9 Å². The van der Waals surface area contributed by atoms with E-state index in [1.54, 1.807) is 26.0 Å². The monoisotopic (exact) mass is 358 g/mol. The molecule has 0 unspecified atom stereocenters. The summed E-state index contributed by atoms with van der Waals surface area (Å²) in [4.78, 5) is 24.0. The van der Waals surface area contributed by atoms with Gasteiger partial charge < -0.3 is 9.88 Å². The highest BCUT2D eigenvalue weighted by atomic mass is 35.5. The molecular formula is C16H14ClF3N2O2. The van der Waals surface area contributed by atoms with Crippen molar-refractivity contribution in [2.24, 2.45) is 0 Å². The number of hydrogen-bond donors (Lipinski definition) is 1. The maximum atomic E-state index is 12.8. The molecule has 0 atom stereocenters. The van der Waals surface area contributed by atoms with Crippen LogP contribution in [0.15, 0.2) is 35.3 Å². The zero-order valence-corrected chi connectivity index (χ0v) is 13.6. The lowest BCUT2D eigenvalue weighted by atomic mass is 10.1. The minimum atomic E-state index is -4.66. The van der Waals surface area contributed by atoms with Crippen LogP contribution in [0.25, 0.3) is 0 Å². The van der Waals surface area contributed by atoms with Gasteiger partial charge in [0, 0.05) is 11.9 Å². The van der Waals surface area contributed by atoms with Gasteiger partial charge in [-0.3, -0.25) is 9.59 Å². The lowest BCUT2D eigenvalue weighted by Gasteiger charge is -2.14. The average molecular weight is 359 g/mol. The fourth-order valence-electron chi connectivity index (χ4n) is 2.22. The summed E-state index contributed by atoms with van der Waals surface area (Å²) in [6, 6.07) is 5.94. The Hall–Kier alpha value is -2.28. The third-order valence-corrected chi connectivity index (χ3v) is 3.70. The number of carbonyl (C=O) groups excluding carboxylic acids is 1. The van der Waals surface area contributed by atoms with E-state index < -0.39 is 34.8 Å². The van der Waals surface area contributed by atoms with Crippen LogP contribution in [0.3, 0.4) is 0 Å². The number of carbonyl (C=O) groups is 1. The summed E-state index contributed by atoms with van der Waals surface area (Å²) in [6.07, 6.45) is -4.08. The Bertz CT molecular complexity index is 824. The Morgan fingerprint density at radius 1 is 1.25 bits per heavy atom. The van der Waals surface area contributed by atoms with Crippen molar-refractivity contribution in [1.29, 1.82) is 0 Å². The van der Waals surface area contributed by atoms with Gasteiger partial charge in [0.05, 0.1) is 5.56 Å². The van der Waals surface area contributed by atoms with E-state index in [-0.39, 0.29) is 0 Å². The fraction of sp³-hybridized carbons (Fsp3) is 0.250. The highest BCUT2D eigenvalue weighted by Crippen LogP contribution is 2.29. The molecule has 1 aromatic heterocycles. The van der Waals surface area contributed by atoms with E-state index >= 15 is 0 Å². The van der Waals surface area contributed by atoms with E-state index in [1.165, 1.54) is 0 Å². The van der Waals surface area contributed by atoms with Gasteiger partial charge >= 0.3 is 6.18 Å². The Morgan fingerprint density at radius 3 is 2.38 bits per heavy atom. The van der Waals surface area contributed by atoms with Gasteiger partial charge in [-0.2, -0.15) is 13.2 Å². The molecule has 4 nitrogen and oxygen atoms in total. The third-order valence-electron chi connectivity index (χ3n) is 3.43. The molecule has 0 radical (unpaired) electrons. The van der Waals surface area contributed by atoms with Crippen molar-refractivity contribution in [2.75, 3.05) is 5.32 Å². The minimum Gasteiger partial charge on any atom is -0.324 e. The van der Waals surface area contributed by atoms with E-state index in [9.17, 15) is 22.8 Å². The van der Waals surface area contributed by atoms with Crippen molar-refractivity contribution in [3.63, 3.8) is 0 Å². The van der Waals surface area contributed by atoms with Gasteiger partial charge in [-0.25, -0.2) is 0 Å². The van der Waals surface area contributed by atoms with Crippen LogP contribution in [0.1, 0.15) is 16.7 Å². The molecule has 0 saturated heterocycles. The van der Waals surface area contributed by atoms with Gasteiger partial charge in [0.2, 0.25) is 5.91 Å². The average Bonchev–Trinajstić information content (AvgIpc) is 2.46. The highest BCUT2D eigenvalue weighted by Gasteiger charge is 2.32. The number of hydrogen-bond acceptors (Lipinski definition) is 2. The number of amides is 1. The number of nitrogens with zero attached hydrogens (tertiary/aromatic N) is 1. The number of rotatable bonds is 3. The number of aryl methyl sites for hydroxylation is 2. The number of alkyl halides is 3. The molecule has 0 fully saturated rings. The van der Waals surface area contributed by atoms with E-state index in [2.05, 4.69) is 5.32 Å². The van der Waals surface area contributed by atoms with Crippen LogP contribution in [0.5, 0.6) is 0 Å². The van der Waals surface area contributed by atoms with Crippen LogP contribution in [0, 0.1) is 13.8 Å². The van der Waals surface area contributed by atoms with Crippen molar-refractivity contribution < 1.29 is 18.0 Å². The number of aromatic nitrogens is 1. The molecular weight excluding hydrogens is 345 g/mol. The number of anilines is 1. The van der Waals surface area contributed by atoms with Crippen molar-refractivity contribution in [3.8, 4) is 0 Å². The molecule has 0 spiro atoms. The minimum absolute atomic E-state index is 0.545. The largest absolute Gasteiger partial charge is 0.417 e. The van der Waals surface area contributed by atoms with Crippen LogP contribution in [0.4, 0.5) is 18.9 Å². The predicted molar refractivity (Wildman–Crippen MR) is 85.3 cm³/mol. The van der Waals surface area contributed by atoms with Gasteiger partial charge in [0.1, 0.15) is 11.6 Å². The van der Waals surface area contributed by atoms with Crippen molar-refractivity contribution >= 4 is 23.2 Å². The van der Waals surface area contributed by atoms with Gasteiger partial charge in [0.25, 0.3) is 5.56 Å². The van der Waals surface area contributed by atoms with Gasteiger partial charge in [0.15, 0.2) is 0 Å². The Kier molecular flexibility index (Phi) is 5.03. The molecule has 1 N–H and O–H groups in total. The Morgan fingerprint density at radius 2 is 1.83 bits per heavy atom. The predicted octanol–water partition coefficient (Wildman–Crippen LogP) is 3.78. The molecule has 24 heavy (non-hydrogen) atoms. The first-order valence-corrected chi connectivity index (χ1v) is 7.30. The zero-order chi connectivity index (χ0) is 18.1. The topological polar surface area (TPSA) is 51.1 Å². The highest BCUT2D eigenvalue weighted by molar-refractivity contribution is 6.30. The van der Waals surface area contributed by atoms with Crippen LogP contribution >= 0.6 is 11.6 Å². The number of benzene rings is 1. The summed E-state index contributed by atoms with van der Waals surface area (Å²) in [5.74, 6) is -0.620. The molecule has 2 rings (SSSR count). The fourth-order valence-corrected chi connectivity index (χ4v) is 2.44. The Labute approximate surface area is 140 Å². The second-order valence-corrected chi connectivity index (χ2v) is 5.73. The first kappa shape index (κ1) is 18.1. The molecule has 0 aliphatic carbocycles. The first-order chi connectivity index (χ1) is 11.1. The van der Waals surface area contributed by atoms with Crippen molar-refractivity contribution in [2.45, 2.75) is 26.6 Å². The molecule has 1 heterocycles. The quantitative estimate of drug-likeness (QED) is 0.908. The number of nitrogens with one attached hydrogen (secondary N) is 1. The molecule has 1 aromatic carbocycles. The summed E-state index contributed by atoms with van der Waals surface area (Å²) in [5, 5.41) is 2.02. The summed E-state index contributed by atoms with van der Waals surface area (Å²) >= 11 is 5.55. The molecule has 0 saturated carbocycles. The lowest BCUT2D eigenvalue weighted by Crippen LogP contribution is -2.29. The molecule has 128 valence electrons. The second kappa shape index (κ2) is 6.68. The molecule has 8 heteroatoms. The van der Waals surface area contributed by atoms with Crippen LogP contribution in [-0.2, 0) is 17.5 Å². The van der Waals surface area contributed by atoms with Crippen molar-refractivity contribution in [3.05, 3.63) is 62.5 Å². The van der Waals surface area contributed by atoms with Gasteiger partial charge in [-0.05, 0) is 31.0 Å². The number of halogens is 4. The second-order valence-electron chi connectivity index (χ2n) is 5.32. The van der Waals surface area contributed by atoms with Crippen molar-refractivity contribution in [1.82, 2.24) is 4.57 Å². The van der Waals surface area contributed by atoms with E-state index in [4.69, 9.17) is 11.6 Å². The standard InChI is InChI=1S/C16H14ClF3N2O2/c1-9-4-3-5-10(2)14(9)21-13(23)8-22-7-11(16(18,19)20)6-12(17)15(22)24/h3-7H,8H2,1-2H3,(H,21,23). The van der Waals surface area contributed by atoms with Crippen LogP contribution in [0.2, 0.25) is 5.02 Å². The third kappa shape index (κ3) is 3.97. The van der Waals surface area contributed by atoms with Crippen LogP contribution in [-0.4, -0.2) is 10.5 Å². The normalized spacial score (nSPS) is 11.4. The summed E-state index contributed by atoms with van der Waals surface area (Å²) in [5.41, 5.74) is 0.220. The molecule has 1 amide bonds. The van der Waals surface area contributed by atoms with Gasteiger partial charge in [-0.15, -0.1) is 0 Å². The smallest absolute Gasteiger partial charge is 0.324 e. The number of pyridine rings is 1. The molecule has 0 aliphatic heterocycles. The van der Waals surface area contributed by atoms with E-state index in [0.717, 1.165) is 11.1 Å². The maximum Gasteiger partial charge on any atom is 0.417 e. The molecule has 0 aliphatic rings. The zero-order valence-electron chi connectivity index (χ0n) is 12.9. The molecule has 2 aromatic rings. The van der Waals surface area contributed by atoms with E-state index in [1.807, 2.05) is 6.07 Å². The summed E-state index contributed by atoms with van der Waals surface area (Å²) < 4.78 is 39.0. The first-order valence-electron chi connectivity index (χ1n) is 6.93. The Balaban J connectivity index is 2.29. The number of para-hydroxylation sites is 1. The lowest BCUT2D eigenvalue weighted by molar-refractivity contribution is -0.138. The van der Waals surface area contributed by atoms with Gasteiger partial charge in [-0.1, -0.05) is 29.8 Å². The summed E-state index contributed by atoms with van der Waals surface area (Å²) in [7, 11) is 0. The maximum absolute atomic E-state index is 12.8.